The molecule has 4 heteroatoms. The van der Waals surface area contributed by atoms with Crippen molar-refractivity contribution in [3.05, 3.63) is 28.0 Å². The van der Waals surface area contributed by atoms with Gasteiger partial charge in [0.15, 0.2) is 0 Å². The minimum absolute atomic E-state index is 0.894. The van der Waals surface area contributed by atoms with Gasteiger partial charge in [0.1, 0.15) is 5.01 Å². The van der Waals surface area contributed by atoms with Crippen molar-refractivity contribution < 1.29 is 0 Å². The van der Waals surface area contributed by atoms with E-state index in [1.165, 1.54) is 47.6 Å². The van der Waals surface area contributed by atoms with Crippen LogP contribution in [0.15, 0.2) is 23.0 Å². The van der Waals surface area contributed by atoms with Gasteiger partial charge in [-0.15, -0.1) is 11.3 Å². The van der Waals surface area contributed by atoms with Gasteiger partial charge in [0.2, 0.25) is 0 Å². The van der Waals surface area contributed by atoms with Crippen LogP contribution >= 0.6 is 22.7 Å². The first-order valence-electron chi connectivity index (χ1n) is 7.10. The van der Waals surface area contributed by atoms with Crippen molar-refractivity contribution in [2.75, 3.05) is 6.54 Å². The monoisotopic (exact) mass is 292 g/mol. The number of rotatable bonds is 5. The van der Waals surface area contributed by atoms with E-state index in [9.17, 15) is 0 Å². The lowest BCUT2D eigenvalue weighted by molar-refractivity contribution is 0.342. The zero-order chi connectivity index (χ0) is 12.9. The maximum absolute atomic E-state index is 4.52. The topological polar surface area (TPSA) is 24.9 Å². The molecule has 1 fully saturated rings. The molecule has 1 N–H and O–H groups in total. The molecule has 2 heterocycles. The first-order chi connectivity index (χ1) is 9.42. The van der Waals surface area contributed by atoms with Crippen LogP contribution < -0.4 is 5.32 Å². The van der Waals surface area contributed by atoms with E-state index in [1.54, 1.807) is 11.3 Å². The number of aromatic nitrogens is 1. The van der Waals surface area contributed by atoms with E-state index in [0.29, 0.717) is 0 Å². The summed E-state index contributed by atoms with van der Waals surface area (Å²) >= 11 is 3.55. The average molecular weight is 292 g/mol. The zero-order valence-electron chi connectivity index (χ0n) is 11.1. The van der Waals surface area contributed by atoms with Crippen LogP contribution in [0.3, 0.4) is 0 Å². The number of hydrogen-bond donors (Lipinski definition) is 1. The first-order valence-corrected chi connectivity index (χ1v) is 8.86. The summed E-state index contributed by atoms with van der Waals surface area (Å²) in [7, 11) is 0. The summed E-state index contributed by atoms with van der Waals surface area (Å²) in [5, 5.41) is 9.09. The van der Waals surface area contributed by atoms with Crippen LogP contribution in [0, 0.1) is 5.92 Å². The Morgan fingerprint density at radius 3 is 2.95 bits per heavy atom. The minimum Gasteiger partial charge on any atom is -0.310 e. The van der Waals surface area contributed by atoms with E-state index in [0.717, 1.165) is 19.0 Å². The number of thiophene rings is 1. The SMILES string of the molecule is c1cc(-c2cnc(CNCC3CCCCC3)s2)cs1. The highest BCUT2D eigenvalue weighted by molar-refractivity contribution is 7.15. The van der Waals surface area contributed by atoms with Crippen molar-refractivity contribution in [3.8, 4) is 10.4 Å². The van der Waals surface area contributed by atoms with Crippen molar-refractivity contribution >= 4 is 22.7 Å². The molecule has 0 aliphatic heterocycles. The maximum Gasteiger partial charge on any atom is 0.107 e. The average Bonchev–Trinajstić information content (AvgIpc) is 3.10. The van der Waals surface area contributed by atoms with Gasteiger partial charge in [-0.05, 0) is 42.1 Å². The molecule has 19 heavy (non-hydrogen) atoms. The normalized spacial score (nSPS) is 16.8. The fourth-order valence-electron chi connectivity index (χ4n) is 2.70. The molecule has 0 unspecified atom stereocenters. The van der Waals surface area contributed by atoms with Crippen LogP contribution in [0.25, 0.3) is 10.4 Å². The third kappa shape index (κ3) is 3.65. The predicted octanol–water partition coefficient (Wildman–Crippen LogP) is 4.54. The van der Waals surface area contributed by atoms with Gasteiger partial charge >= 0.3 is 0 Å². The Balaban J connectivity index is 1.48. The molecule has 0 radical (unpaired) electrons. The molecule has 0 spiro atoms. The highest BCUT2D eigenvalue weighted by Gasteiger charge is 2.13. The largest absolute Gasteiger partial charge is 0.310 e. The van der Waals surface area contributed by atoms with Crippen LogP contribution in [-0.2, 0) is 6.54 Å². The van der Waals surface area contributed by atoms with Gasteiger partial charge in [0, 0.05) is 18.3 Å². The van der Waals surface area contributed by atoms with E-state index >= 15 is 0 Å². The van der Waals surface area contributed by atoms with Crippen molar-refractivity contribution in [1.29, 1.82) is 0 Å². The van der Waals surface area contributed by atoms with Crippen LogP contribution in [0.1, 0.15) is 37.1 Å². The maximum atomic E-state index is 4.52. The standard InChI is InChI=1S/C15H20N2S2/c1-2-4-12(5-3-1)8-16-10-15-17-9-14(19-15)13-6-7-18-11-13/h6-7,9,11-12,16H,1-5,8,10H2. The second kappa shape index (κ2) is 6.64. The van der Waals surface area contributed by atoms with E-state index < -0.39 is 0 Å². The van der Waals surface area contributed by atoms with Gasteiger partial charge in [-0.2, -0.15) is 11.3 Å². The predicted molar refractivity (Wildman–Crippen MR) is 83.7 cm³/mol. The molecule has 1 saturated carbocycles. The number of hydrogen-bond acceptors (Lipinski definition) is 4. The van der Waals surface area contributed by atoms with Crippen molar-refractivity contribution in [1.82, 2.24) is 10.3 Å². The number of thiazole rings is 1. The molecule has 0 bridgehead atoms. The van der Waals surface area contributed by atoms with Gasteiger partial charge < -0.3 is 5.32 Å². The molecule has 2 aromatic rings. The van der Waals surface area contributed by atoms with Crippen molar-refractivity contribution in [3.63, 3.8) is 0 Å². The summed E-state index contributed by atoms with van der Waals surface area (Å²) in [5.41, 5.74) is 1.31. The second-order valence-electron chi connectivity index (χ2n) is 5.27. The molecule has 0 amide bonds. The highest BCUT2D eigenvalue weighted by Crippen LogP contribution is 2.28. The summed E-state index contributed by atoms with van der Waals surface area (Å²) in [5.74, 6) is 0.894. The first kappa shape index (κ1) is 13.3. The van der Waals surface area contributed by atoms with E-state index in [-0.39, 0.29) is 0 Å². The Labute approximate surface area is 122 Å². The molecule has 102 valence electrons. The summed E-state index contributed by atoms with van der Waals surface area (Å²) < 4.78 is 0. The van der Waals surface area contributed by atoms with Crippen molar-refractivity contribution in [2.24, 2.45) is 5.92 Å². The molecule has 0 atom stereocenters. The fraction of sp³-hybridized carbons (Fsp3) is 0.533. The third-order valence-corrected chi connectivity index (χ3v) is 5.52. The lowest BCUT2D eigenvalue weighted by atomic mass is 9.89. The molecular weight excluding hydrogens is 272 g/mol. The Morgan fingerprint density at radius 2 is 2.16 bits per heavy atom. The Kier molecular flexibility index (Phi) is 4.64. The van der Waals surface area contributed by atoms with Crippen LogP contribution in [0.4, 0.5) is 0 Å². The highest BCUT2D eigenvalue weighted by atomic mass is 32.1. The van der Waals surface area contributed by atoms with Crippen molar-refractivity contribution in [2.45, 2.75) is 38.6 Å². The molecule has 1 aliphatic carbocycles. The molecule has 1 aliphatic rings. The van der Waals surface area contributed by atoms with Crippen LogP contribution in [0.5, 0.6) is 0 Å². The Hall–Kier alpha value is -0.710. The second-order valence-corrected chi connectivity index (χ2v) is 7.16. The molecule has 2 nitrogen and oxygen atoms in total. The molecule has 0 aromatic carbocycles. The van der Waals surface area contributed by atoms with Gasteiger partial charge in [-0.1, -0.05) is 19.3 Å². The lowest BCUT2D eigenvalue weighted by Crippen LogP contribution is -2.24. The van der Waals surface area contributed by atoms with E-state index in [1.807, 2.05) is 17.5 Å². The van der Waals surface area contributed by atoms with E-state index in [2.05, 4.69) is 27.1 Å². The number of nitrogens with zero attached hydrogens (tertiary/aromatic N) is 1. The molecular formula is C15H20N2S2. The smallest absolute Gasteiger partial charge is 0.107 e. The summed E-state index contributed by atoms with van der Waals surface area (Å²) in [4.78, 5) is 5.80. The molecule has 2 aromatic heterocycles. The number of nitrogens with one attached hydrogen (secondary N) is 1. The van der Waals surface area contributed by atoms with Gasteiger partial charge in [0.25, 0.3) is 0 Å². The third-order valence-electron chi connectivity index (χ3n) is 3.79. The van der Waals surface area contributed by atoms with Crippen LogP contribution in [-0.4, -0.2) is 11.5 Å². The molecule has 3 rings (SSSR count). The van der Waals surface area contributed by atoms with Gasteiger partial charge in [-0.3, -0.25) is 0 Å². The summed E-state index contributed by atoms with van der Waals surface area (Å²) in [6.45, 7) is 2.08. The zero-order valence-corrected chi connectivity index (χ0v) is 12.7. The minimum atomic E-state index is 0.894. The molecule has 0 saturated heterocycles. The summed E-state index contributed by atoms with van der Waals surface area (Å²) in [6.07, 6.45) is 9.10. The lowest BCUT2D eigenvalue weighted by Gasteiger charge is -2.21. The fourth-order valence-corrected chi connectivity index (χ4v) is 4.32. The van der Waals surface area contributed by atoms with Gasteiger partial charge in [-0.25, -0.2) is 4.98 Å². The van der Waals surface area contributed by atoms with Crippen LogP contribution in [0.2, 0.25) is 0 Å². The quantitative estimate of drug-likeness (QED) is 0.875. The van der Waals surface area contributed by atoms with Gasteiger partial charge in [0.05, 0.1) is 4.88 Å². The summed E-state index contributed by atoms with van der Waals surface area (Å²) in [6, 6.07) is 2.16. The Morgan fingerprint density at radius 1 is 1.26 bits per heavy atom. The Bertz CT molecular complexity index is 484. The van der Waals surface area contributed by atoms with E-state index in [4.69, 9.17) is 0 Å².